The standard InChI is InChI=1S/C16H13N3O4/c1-10-2-3-11(8-13(10)16(21)22)14-5-4-12(23-14)9-18-19-15(20)6-7-17/h2-5,8-9H,6H2,1H3,(H,19,20)(H,21,22)/b18-9-. The first-order chi connectivity index (χ1) is 11.0. The molecule has 0 aliphatic carbocycles. The van der Waals surface area contributed by atoms with E-state index in [-0.39, 0.29) is 12.0 Å². The highest BCUT2D eigenvalue weighted by molar-refractivity contribution is 5.91. The number of carbonyl (C=O) groups excluding carboxylic acids is 1. The number of hydrogen-bond acceptors (Lipinski definition) is 5. The number of hydrogen-bond donors (Lipinski definition) is 2. The first-order valence-electron chi connectivity index (χ1n) is 6.64. The SMILES string of the molecule is Cc1ccc(-c2ccc(/C=N\NC(=O)CC#N)o2)cc1C(=O)O. The van der Waals surface area contributed by atoms with E-state index in [0.717, 1.165) is 0 Å². The summed E-state index contributed by atoms with van der Waals surface area (Å²) in [7, 11) is 0. The first kappa shape index (κ1) is 16.0. The highest BCUT2D eigenvalue weighted by Gasteiger charge is 2.11. The van der Waals surface area contributed by atoms with E-state index in [9.17, 15) is 9.59 Å². The van der Waals surface area contributed by atoms with E-state index in [1.807, 2.05) is 0 Å². The molecule has 1 aromatic carbocycles. The van der Waals surface area contributed by atoms with Gasteiger partial charge in [-0.15, -0.1) is 0 Å². The van der Waals surface area contributed by atoms with E-state index < -0.39 is 11.9 Å². The molecule has 23 heavy (non-hydrogen) atoms. The average molecular weight is 311 g/mol. The van der Waals surface area contributed by atoms with Crippen LogP contribution >= 0.6 is 0 Å². The molecule has 0 saturated heterocycles. The van der Waals surface area contributed by atoms with E-state index in [0.29, 0.717) is 22.6 Å². The number of nitrogens with zero attached hydrogens (tertiary/aromatic N) is 2. The molecular formula is C16H13N3O4. The van der Waals surface area contributed by atoms with Crippen LogP contribution in [0.25, 0.3) is 11.3 Å². The smallest absolute Gasteiger partial charge is 0.335 e. The van der Waals surface area contributed by atoms with Crippen LogP contribution in [0.2, 0.25) is 0 Å². The number of nitrogens with one attached hydrogen (secondary N) is 1. The largest absolute Gasteiger partial charge is 0.478 e. The van der Waals surface area contributed by atoms with Crippen molar-refractivity contribution >= 4 is 18.1 Å². The molecule has 2 rings (SSSR count). The van der Waals surface area contributed by atoms with Crippen LogP contribution in [-0.2, 0) is 4.79 Å². The maximum atomic E-state index is 11.2. The average Bonchev–Trinajstić information content (AvgIpc) is 2.96. The molecule has 1 aromatic heterocycles. The Morgan fingerprint density at radius 3 is 2.87 bits per heavy atom. The Hall–Kier alpha value is -3.40. The van der Waals surface area contributed by atoms with Gasteiger partial charge in [0, 0.05) is 5.56 Å². The van der Waals surface area contributed by atoms with Crippen LogP contribution in [0.4, 0.5) is 0 Å². The number of carboxylic acid groups (broad SMARTS) is 1. The van der Waals surface area contributed by atoms with Crippen molar-refractivity contribution in [2.75, 3.05) is 0 Å². The third-order valence-electron chi connectivity index (χ3n) is 3.00. The van der Waals surface area contributed by atoms with Crippen LogP contribution in [0, 0.1) is 18.3 Å². The second kappa shape index (κ2) is 7.04. The predicted octanol–water partition coefficient (Wildman–Crippen LogP) is 2.32. The zero-order valence-corrected chi connectivity index (χ0v) is 12.2. The molecule has 0 radical (unpaired) electrons. The van der Waals surface area contributed by atoms with Crippen LogP contribution in [0.3, 0.4) is 0 Å². The number of amides is 1. The first-order valence-corrected chi connectivity index (χ1v) is 6.64. The molecule has 7 nitrogen and oxygen atoms in total. The molecule has 2 N–H and O–H groups in total. The summed E-state index contributed by atoms with van der Waals surface area (Å²) in [4.78, 5) is 22.2. The van der Waals surface area contributed by atoms with Gasteiger partial charge in [0.05, 0.1) is 17.8 Å². The van der Waals surface area contributed by atoms with E-state index in [1.54, 1.807) is 37.3 Å². The molecule has 0 bridgehead atoms. The molecule has 1 amide bonds. The van der Waals surface area contributed by atoms with Crippen molar-refractivity contribution in [3.63, 3.8) is 0 Å². The van der Waals surface area contributed by atoms with Crippen molar-refractivity contribution < 1.29 is 19.1 Å². The minimum absolute atomic E-state index is 0.206. The number of carboxylic acids is 1. The number of furan rings is 1. The number of rotatable bonds is 5. The van der Waals surface area contributed by atoms with E-state index in [1.165, 1.54) is 12.3 Å². The summed E-state index contributed by atoms with van der Waals surface area (Å²) in [5.74, 6) is -0.648. The molecule has 7 heteroatoms. The van der Waals surface area contributed by atoms with Gasteiger partial charge in [-0.1, -0.05) is 12.1 Å². The minimum atomic E-state index is -1.00. The van der Waals surface area contributed by atoms with Crippen LogP contribution < -0.4 is 5.43 Å². The van der Waals surface area contributed by atoms with Gasteiger partial charge >= 0.3 is 5.97 Å². The highest BCUT2D eigenvalue weighted by Crippen LogP contribution is 2.24. The lowest BCUT2D eigenvalue weighted by Gasteiger charge is -2.03. The molecule has 0 spiro atoms. The molecule has 0 saturated carbocycles. The van der Waals surface area contributed by atoms with Crippen molar-refractivity contribution in [3.05, 3.63) is 47.2 Å². The lowest BCUT2D eigenvalue weighted by molar-refractivity contribution is -0.120. The Morgan fingerprint density at radius 1 is 1.39 bits per heavy atom. The summed E-state index contributed by atoms with van der Waals surface area (Å²) < 4.78 is 5.53. The van der Waals surface area contributed by atoms with Gasteiger partial charge < -0.3 is 9.52 Å². The Morgan fingerprint density at radius 2 is 2.17 bits per heavy atom. The molecule has 0 unspecified atom stereocenters. The molecule has 0 atom stereocenters. The van der Waals surface area contributed by atoms with Gasteiger partial charge in [-0.05, 0) is 30.7 Å². The number of aryl methyl sites for hydroxylation is 1. The Labute approximate surface area is 131 Å². The fourth-order valence-corrected chi connectivity index (χ4v) is 1.86. The monoisotopic (exact) mass is 311 g/mol. The van der Waals surface area contributed by atoms with E-state index >= 15 is 0 Å². The number of nitriles is 1. The second-order valence-corrected chi connectivity index (χ2v) is 4.66. The summed E-state index contributed by atoms with van der Waals surface area (Å²) in [6, 6.07) is 10.0. The zero-order chi connectivity index (χ0) is 16.8. The fraction of sp³-hybridized carbons (Fsp3) is 0.125. The van der Waals surface area contributed by atoms with E-state index in [2.05, 4.69) is 10.5 Å². The lowest BCUT2D eigenvalue weighted by Crippen LogP contribution is -2.15. The highest BCUT2D eigenvalue weighted by atomic mass is 16.4. The van der Waals surface area contributed by atoms with Crippen LogP contribution in [-0.4, -0.2) is 23.2 Å². The summed E-state index contributed by atoms with van der Waals surface area (Å²) in [6.45, 7) is 1.72. The van der Waals surface area contributed by atoms with Gasteiger partial charge in [0.2, 0.25) is 0 Å². The van der Waals surface area contributed by atoms with Crippen molar-refractivity contribution in [1.82, 2.24) is 5.43 Å². The number of aromatic carboxylic acids is 1. The summed E-state index contributed by atoms with van der Waals surface area (Å²) in [5, 5.41) is 21.1. The molecule has 0 aliphatic rings. The third-order valence-corrected chi connectivity index (χ3v) is 3.00. The van der Waals surface area contributed by atoms with Gasteiger partial charge in [-0.3, -0.25) is 4.79 Å². The molecular weight excluding hydrogens is 298 g/mol. The van der Waals surface area contributed by atoms with Gasteiger partial charge in [0.15, 0.2) is 0 Å². The van der Waals surface area contributed by atoms with Crippen LogP contribution in [0.15, 0.2) is 39.9 Å². The minimum Gasteiger partial charge on any atom is -0.478 e. The molecule has 0 fully saturated rings. The van der Waals surface area contributed by atoms with Crippen molar-refractivity contribution in [1.29, 1.82) is 5.26 Å². The van der Waals surface area contributed by atoms with Crippen molar-refractivity contribution in [2.24, 2.45) is 5.10 Å². The molecule has 116 valence electrons. The topological polar surface area (TPSA) is 116 Å². The summed E-state index contributed by atoms with van der Waals surface area (Å²) in [5.41, 5.74) is 3.68. The van der Waals surface area contributed by atoms with Crippen LogP contribution in [0.1, 0.15) is 28.1 Å². The fourth-order valence-electron chi connectivity index (χ4n) is 1.86. The van der Waals surface area contributed by atoms with Gasteiger partial charge in [-0.2, -0.15) is 10.4 Å². The quantitative estimate of drug-likeness (QED) is 0.649. The van der Waals surface area contributed by atoms with Gasteiger partial charge in [0.25, 0.3) is 5.91 Å². The zero-order valence-electron chi connectivity index (χ0n) is 12.2. The predicted molar refractivity (Wildman–Crippen MR) is 81.8 cm³/mol. The summed E-state index contributed by atoms with van der Waals surface area (Å²) in [6.07, 6.45) is 1.02. The third kappa shape index (κ3) is 4.04. The second-order valence-electron chi connectivity index (χ2n) is 4.66. The van der Waals surface area contributed by atoms with Gasteiger partial charge in [-0.25, -0.2) is 10.2 Å². The molecule has 1 heterocycles. The Kier molecular flexibility index (Phi) is 4.89. The molecule has 0 aliphatic heterocycles. The lowest BCUT2D eigenvalue weighted by atomic mass is 10.0. The summed E-state index contributed by atoms with van der Waals surface area (Å²) >= 11 is 0. The maximum Gasteiger partial charge on any atom is 0.335 e. The Bertz CT molecular complexity index is 815. The van der Waals surface area contributed by atoms with Crippen LogP contribution in [0.5, 0.6) is 0 Å². The van der Waals surface area contributed by atoms with Gasteiger partial charge in [0.1, 0.15) is 17.9 Å². The van der Waals surface area contributed by atoms with Crippen molar-refractivity contribution in [2.45, 2.75) is 13.3 Å². The number of hydrazone groups is 1. The maximum absolute atomic E-state index is 11.2. The Balaban J connectivity index is 2.15. The van der Waals surface area contributed by atoms with Crippen molar-refractivity contribution in [3.8, 4) is 17.4 Å². The van der Waals surface area contributed by atoms with E-state index in [4.69, 9.17) is 14.8 Å². The number of benzene rings is 1. The number of carbonyl (C=O) groups is 2. The normalized spacial score (nSPS) is 10.4. The molecule has 2 aromatic rings.